The molecule has 7 heteroatoms. The van der Waals surface area contributed by atoms with Crippen LogP contribution in [0.5, 0.6) is 0 Å². The van der Waals surface area contributed by atoms with Crippen LogP contribution in [0.25, 0.3) is 5.65 Å². The zero-order chi connectivity index (χ0) is 13.9. The summed E-state index contributed by atoms with van der Waals surface area (Å²) >= 11 is 5.88. The van der Waals surface area contributed by atoms with Gasteiger partial charge in [-0.1, -0.05) is 11.6 Å². The standard InChI is InChI=1S/C13H16ClN5O/c14-9-3-6-11-17-13(18-19(11)8-9)15-7-1-2-12(20)16-10-4-5-10/h3,6,8,10H,1-2,4-5,7H2,(H,15,18)(H,16,20). The molecule has 1 amide bonds. The van der Waals surface area contributed by atoms with Crippen molar-refractivity contribution in [1.82, 2.24) is 19.9 Å². The number of pyridine rings is 1. The van der Waals surface area contributed by atoms with Gasteiger partial charge >= 0.3 is 0 Å². The second-order valence-electron chi connectivity index (χ2n) is 4.96. The van der Waals surface area contributed by atoms with Crippen molar-refractivity contribution in [3.05, 3.63) is 23.4 Å². The van der Waals surface area contributed by atoms with E-state index in [9.17, 15) is 4.79 Å². The Kier molecular flexibility index (Phi) is 3.73. The fraction of sp³-hybridized carbons (Fsp3) is 0.462. The first kappa shape index (κ1) is 13.2. The van der Waals surface area contributed by atoms with Gasteiger partial charge in [-0.05, 0) is 31.4 Å². The number of amides is 1. The summed E-state index contributed by atoms with van der Waals surface area (Å²) in [5, 5.41) is 10.9. The maximum absolute atomic E-state index is 11.5. The van der Waals surface area contributed by atoms with Crippen molar-refractivity contribution in [2.24, 2.45) is 0 Å². The van der Waals surface area contributed by atoms with Gasteiger partial charge in [0.15, 0.2) is 5.65 Å². The molecule has 0 radical (unpaired) electrons. The van der Waals surface area contributed by atoms with Gasteiger partial charge in [0, 0.05) is 25.2 Å². The molecule has 1 aliphatic carbocycles. The highest BCUT2D eigenvalue weighted by atomic mass is 35.5. The molecule has 106 valence electrons. The molecule has 0 spiro atoms. The molecule has 0 aromatic carbocycles. The van der Waals surface area contributed by atoms with Crippen LogP contribution in [0, 0.1) is 0 Å². The average molecular weight is 294 g/mol. The monoisotopic (exact) mass is 293 g/mol. The van der Waals surface area contributed by atoms with E-state index in [1.165, 1.54) is 0 Å². The lowest BCUT2D eigenvalue weighted by molar-refractivity contribution is -0.121. The Morgan fingerprint density at radius 1 is 1.45 bits per heavy atom. The summed E-state index contributed by atoms with van der Waals surface area (Å²) in [6.45, 7) is 0.669. The van der Waals surface area contributed by atoms with Crippen molar-refractivity contribution in [3.63, 3.8) is 0 Å². The summed E-state index contributed by atoms with van der Waals surface area (Å²) in [5.41, 5.74) is 0.739. The quantitative estimate of drug-likeness (QED) is 0.798. The fourth-order valence-electron chi connectivity index (χ4n) is 1.91. The van der Waals surface area contributed by atoms with E-state index in [0.29, 0.717) is 30.0 Å². The first-order valence-electron chi connectivity index (χ1n) is 6.76. The van der Waals surface area contributed by atoms with Gasteiger partial charge in [-0.3, -0.25) is 4.79 Å². The molecular weight excluding hydrogens is 278 g/mol. The minimum absolute atomic E-state index is 0.129. The smallest absolute Gasteiger partial charge is 0.243 e. The van der Waals surface area contributed by atoms with Crippen LogP contribution in [-0.4, -0.2) is 33.1 Å². The van der Waals surface area contributed by atoms with Crippen LogP contribution in [-0.2, 0) is 4.79 Å². The second-order valence-corrected chi connectivity index (χ2v) is 5.39. The third-order valence-corrected chi connectivity index (χ3v) is 3.32. The molecule has 0 aliphatic heterocycles. The highest BCUT2D eigenvalue weighted by Gasteiger charge is 2.22. The van der Waals surface area contributed by atoms with Gasteiger partial charge < -0.3 is 10.6 Å². The van der Waals surface area contributed by atoms with Crippen LogP contribution in [0.2, 0.25) is 5.02 Å². The molecule has 20 heavy (non-hydrogen) atoms. The first-order valence-corrected chi connectivity index (χ1v) is 7.14. The molecule has 0 unspecified atom stereocenters. The van der Waals surface area contributed by atoms with E-state index in [4.69, 9.17) is 11.6 Å². The number of rotatable bonds is 6. The molecular formula is C13H16ClN5O. The Bertz CT molecular complexity index is 622. The number of hydrogen-bond donors (Lipinski definition) is 2. The van der Waals surface area contributed by atoms with Crippen LogP contribution in [0.15, 0.2) is 18.3 Å². The third-order valence-electron chi connectivity index (χ3n) is 3.10. The van der Waals surface area contributed by atoms with E-state index < -0.39 is 0 Å². The van der Waals surface area contributed by atoms with Crippen molar-refractivity contribution in [2.75, 3.05) is 11.9 Å². The summed E-state index contributed by atoms with van der Waals surface area (Å²) < 4.78 is 1.63. The van der Waals surface area contributed by atoms with Crippen molar-refractivity contribution < 1.29 is 4.79 Å². The van der Waals surface area contributed by atoms with Gasteiger partial charge in [-0.15, -0.1) is 5.10 Å². The molecule has 1 aliphatic rings. The predicted octanol–water partition coefficient (Wildman–Crippen LogP) is 1.85. The molecule has 1 saturated carbocycles. The molecule has 0 atom stereocenters. The van der Waals surface area contributed by atoms with E-state index in [1.807, 2.05) is 6.07 Å². The number of nitrogens with one attached hydrogen (secondary N) is 2. The van der Waals surface area contributed by atoms with E-state index in [-0.39, 0.29) is 5.91 Å². The van der Waals surface area contributed by atoms with Crippen LogP contribution in [0.3, 0.4) is 0 Å². The van der Waals surface area contributed by atoms with Gasteiger partial charge in [-0.2, -0.15) is 4.98 Å². The zero-order valence-electron chi connectivity index (χ0n) is 11.0. The maximum Gasteiger partial charge on any atom is 0.243 e. The van der Waals surface area contributed by atoms with E-state index in [2.05, 4.69) is 20.7 Å². The van der Waals surface area contributed by atoms with Gasteiger partial charge in [0.1, 0.15) is 0 Å². The van der Waals surface area contributed by atoms with E-state index in [0.717, 1.165) is 24.9 Å². The summed E-state index contributed by atoms with van der Waals surface area (Å²) in [5.74, 6) is 0.680. The molecule has 2 heterocycles. The number of anilines is 1. The summed E-state index contributed by atoms with van der Waals surface area (Å²) in [6.07, 6.45) is 5.24. The van der Waals surface area contributed by atoms with Gasteiger partial charge in [0.25, 0.3) is 0 Å². The molecule has 6 nitrogen and oxygen atoms in total. The lowest BCUT2D eigenvalue weighted by Crippen LogP contribution is -2.25. The molecule has 2 aromatic rings. The first-order chi connectivity index (χ1) is 9.70. The lowest BCUT2D eigenvalue weighted by Gasteiger charge is -2.03. The van der Waals surface area contributed by atoms with Crippen LogP contribution in [0.1, 0.15) is 25.7 Å². The number of nitrogens with zero attached hydrogens (tertiary/aromatic N) is 3. The number of fused-ring (bicyclic) bond motifs is 1. The number of carbonyl (C=O) groups is 1. The van der Waals surface area contributed by atoms with Crippen molar-refractivity contribution in [2.45, 2.75) is 31.7 Å². The van der Waals surface area contributed by atoms with Crippen LogP contribution >= 0.6 is 11.6 Å². The Morgan fingerprint density at radius 2 is 2.30 bits per heavy atom. The molecule has 0 bridgehead atoms. The lowest BCUT2D eigenvalue weighted by atomic mass is 10.3. The average Bonchev–Trinajstić information content (AvgIpc) is 3.12. The Hall–Kier alpha value is -1.82. The third kappa shape index (κ3) is 3.39. The number of aromatic nitrogens is 3. The number of carbonyl (C=O) groups excluding carboxylic acids is 1. The second kappa shape index (κ2) is 5.66. The highest BCUT2D eigenvalue weighted by molar-refractivity contribution is 6.30. The molecule has 0 saturated heterocycles. The van der Waals surface area contributed by atoms with Gasteiger partial charge in [-0.25, -0.2) is 4.52 Å². The van der Waals surface area contributed by atoms with Gasteiger partial charge in [0.05, 0.1) is 5.02 Å². The SMILES string of the molecule is O=C(CCCNc1nc2ccc(Cl)cn2n1)NC1CC1. The summed E-state index contributed by atoms with van der Waals surface area (Å²) in [7, 11) is 0. The summed E-state index contributed by atoms with van der Waals surface area (Å²) in [6, 6.07) is 4.02. The fourth-order valence-corrected chi connectivity index (χ4v) is 2.06. The largest absolute Gasteiger partial charge is 0.353 e. The molecule has 1 fully saturated rings. The predicted molar refractivity (Wildman–Crippen MR) is 76.9 cm³/mol. The van der Waals surface area contributed by atoms with Crippen molar-refractivity contribution in [1.29, 1.82) is 0 Å². The van der Waals surface area contributed by atoms with Crippen molar-refractivity contribution >= 4 is 29.1 Å². The van der Waals surface area contributed by atoms with E-state index >= 15 is 0 Å². The zero-order valence-corrected chi connectivity index (χ0v) is 11.7. The van der Waals surface area contributed by atoms with Gasteiger partial charge in [0.2, 0.25) is 11.9 Å². The minimum atomic E-state index is 0.129. The molecule has 2 aromatic heterocycles. The highest BCUT2D eigenvalue weighted by Crippen LogP contribution is 2.18. The Labute approximate surface area is 121 Å². The number of halogens is 1. The van der Waals surface area contributed by atoms with Crippen LogP contribution in [0.4, 0.5) is 5.95 Å². The Morgan fingerprint density at radius 3 is 3.10 bits per heavy atom. The maximum atomic E-state index is 11.5. The number of hydrogen-bond acceptors (Lipinski definition) is 4. The summed E-state index contributed by atoms with van der Waals surface area (Å²) in [4.78, 5) is 15.8. The van der Waals surface area contributed by atoms with Crippen molar-refractivity contribution in [3.8, 4) is 0 Å². The Balaban J connectivity index is 1.45. The van der Waals surface area contributed by atoms with Crippen LogP contribution < -0.4 is 10.6 Å². The van der Waals surface area contributed by atoms with E-state index in [1.54, 1.807) is 16.8 Å². The molecule has 2 N–H and O–H groups in total. The minimum Gasteiger partial charge on any atom is -0.353 e. The topological polar surface area (TPSA) is 71.3 Å². The molecule has 3 rings (SSSR count). The normalized spacial score (nSPS) is 14.4.